The van der Waals surface area contributed by atoms with Crippen LogP contribution in [0.2, 0.25) is 0 Å². The minimum Gasteiger partial charge on any atom is -0.394 e. The average Bonchev–Trinajstić information content (AvgIpc) is 3.51. The first-order valence-electron chi connectivity index (χ1n) is 12.1. The molecule has 2 aromatic rings. The Labute approximate surface area is 205 Å². The lowest BCUT2D eigenvalue weighted by atomic mass is 9.80. The molecule has 0 bridgehead atoms. The van der Waals surface area contributed by atoms with Gasteiger partial charge >= 0.3 is 0 Å². The van der Waals surface area contributed by atoms with E-state index in [9.17, 15) is 23.4 Å². The van der Waals surface area contributed by atoms with Crippen molar-refractivity contribution in [2.75, 3.05) is 13.7 Å². The molecule has 2 fully saturated rings. The van der Waals surface area contributed by atoms with Gasteiger partial charge in [-0.05, 0) is 37.8 Å². The molecule has 3 heterocycles. The van der Waals surface area contributed by atoms with E-state index in [-0.39, 0.29) is 16.9 Å². The molecule has 1 saturated carbocycles. The predicted octanol–water partition coefficient (Wildman–Crippen LogP) is 2.91. The minimum absolute atomic E-state index is 0.0151. The van der Waals surface area contributed by atoms with Crippen molar-refractivity contribution in [1.29, 1.82) is 0 Å². The van der Waals surface area contributed by atoms with E-state index >= 15 is 0 Å². The third-order valence-corrected chi connectivity index (χ3v) is 7.43. The maximum atomic E-state index is 13.7. The number of methoxy groups -OCH3 is 1. The van der Waals surface area contributed by atoms with Crippen molar-refractivity contribution < 1.29 is 37.7 Å². The fourth-order valence-corrected chi connectivity index (χ4v) is 5.59. The monoisotopic (exact) mass is 510 g/mol. The van der Waals surface area contributed by atoms with Crippen LogP contribution in [0, 0.1) is 17.5 Å². The Kier molecular flexibility index (Phi) is 7.03. The summed E-state index contributed by atoms with van der Waals surface area (Å²) in [5, 5.41) is 33.2. The summed E-state index contributed by atoms with van der Waals surface area (Å²) >= 11 is 0. The molecule has 3 aliphatic rings. The predicted molar refractivity (Wildman–Crippen MR) is 120 cm³/mol. The van der Waals surface area contributed by atoms with Crippen LogP contribution in [0.3, 0.4) is 0 Å². The number of aromatic nitrogens is 3. The Balaban J connectivity index is 1.39. The summed E-state index contributed by atoms with van der Waals surface area (Å²) in [5.41, 5.74) is 0.623. The summed E-state index contributed by atoms with van der Waals surface area (Å²) in [5.74, 6) is -4.28. The second-order valence-corrected chi connectivity index (χ2v) is 9.79. The number of oxime groups is 1. The van der Waals surface area contributed by atoms with Crippen molar-refractivity contribution in [2.24, 2.45) is 5.16 Å². The number of hydrogen-bond donors (Lipinski definition) is 2. The van der Waals surface area contributed by atoms with Gasteiger partial charge in [-0.25, -0.2) is 17.9 Å². The number of ether oxygens (including phenoxy) is 2. The number of halogens is 3. The Hall–Kier alpha value is -2.54. The van der Waals surface area contributed by atoms with Gasteiger partial charge in [0.15, 0.2) is 17.5 Å². The first-order chi connectivity index (χ1) is 17.3. The Bertz CT molecular complexity index is 1100. The number of rotatable bonds is 6. The third-order valence-electron chi connectivity index (χ3n) is 7.43. The van der Waals surface area contributed by atoms with Gasteiger partial charge in [0.1, 0.15) is 35.6 Å². The second kappa shape index (κ2) is 10.1. The van der Waals surface area contributed by atoms with Crippen LogP contribution in [0.5, 0.6) is 0 Å². The summed E-state index contributed by atoms with van der Waals surface area (Å²) in [7, 11) is 1.47. The van der Waals surface area contributed by atoms with Crippen LogP contribution < -0.4 is 0 Å². The molecule has 2 N–H and O–H groups in total. The van der Waals surface area contributed by atoms with E-state index in [2.05, 4.69) is 15.5 Å². The molecule has 0 amide bonds. The van der Waals surface area contributed by atoms with Crippen LogP contribution in [0.15, 0.2) is 23.5 Å². The molecular weight excluding hydrogens is 481 g/mol. The van der Waals surface area contributed by atoms with Gasteiger partial charge in [-0.2, -0.15) is 0 Å². The van der Waals surface area contributed by atoms with Gasteiger partial charge < -0.3 is 24.5 Å². The van der Waals surface area contributed by atoms with Crippen molar-refractivity contribution in [3.8, 4) is 11.3 Å². The van der Waals surface area contributed by atoms with E-state index in [1.54, 1.807) is 0 Å². The Morgan fingerprint density at radius 1 is 1.14 bits per heavy atom. The molecule has 1 spiro atoms. The van der Waals surface area contributed by atoms with Gasteiger partial charge in [0.05, 0.1) is 24.6 Å². The molecule has 0 radical (unpaired) electrons. The number of aliphatic hydroxyl groups is 2. The van der Waals surface area contributed by atoms with Crippen LogP contribution in [0.4, 0.5) is 13.2 Å². The molecule has 36 heavy (non-hydrogen) atoms. The average molecular weight is 511 g/mol. The van der Waals surface area contributed by atoms with Crippen LogP contribution in [-0.4, -0.2) is 74.7 Å². The molecule has 5 atom stereocenters. The van der Waals surface area contributed by atoms with E-state index in [1.165, 1.54) is 24.4 Å². The van der Waals surface area contributed by atoms with E-state index < -0.39 is 54.5 Å². The van der Waals surface area contributed by atoms with E-state index in [0.717, 1.165) is 43.5 Å². The molecule has 12 heteroatoms. The summed E-state index contributed by atoms with van der Waals surface area (Å²) in [4.78, 5) is 5.85. The molecule has 1 aliphatic carbocycles. The fourth-order valence-electron chi connectivity index (χ4n) is 5.59. The SMILES string of the molecule is CO[C@@H]1[C@@H](n2cc(-c3cc(F)c(F)c(F)c3)nn2)[C@@H](O)[C@@H](CO)O[C@@H]1CC1=NOC2(CCCCC2)C1. The largest absolute Gasteiger partial charge is 0.394 e. The smallest absolute Gasteiger partial charge is 0.194 e. The molecule has 1 saturated heterocycles. The maximum absolute atomic E-state index is 13.7. The Morgan fingerprint density at radius 3 is 2.53 bits per heavy atom. The molecule has 1 aromatic carbocycles. The lowest BCUT2D eigenvalue weighted by Crippen LogP contribution is -2.57. The van der Waals surface area contributed by atoms with Crippen LogP contribution in [0.25, 0.3) is 11.3 Å². The van der Waals surface area contributed by atoms with Crippen LogP contribution >= 0.6 is 0 Å². The zero-order valence-corrected chi connectivity index (χ0v) is 19.8. The highest BCUT2D eigenvalue weighted by atomic mass is 19.2. The summed E-state index contributed by atoms with van der Waals surface area (Å²) < 4.78 is 53.9. The minimum atomic E-state index is -1.58. The van der Waals surface area contributed by atoms with Crippen molar-refractivity contribution in [3.63, 3.8) is 0 Å². The van der Waals surface area contributed by atoms with Gasteiger partial charge in [-0.15, -0.1) is 5.10 Å². The molecular formula is C24H29F3N4O5. The zero-order valence-electron chi connectivity index (χ0n) is 19.8. The fraction of sp³-hybridized carbons (Fsp3) is 0.625. The van der Waals surface area contributed by atoms with Gasteiger partial charge in [-0.1, -0.05) is 16.8 Å². The maximum Gasteiger partial charge on any atom is 0.194 e. The summed E-state index contributed by atoms with van der Waals surface area (Å²) in [6, 6.07) is 0.799. The van der Waals surface area contributed by atoms with Gasteiger partial charge in [0, 0.05) is 25.5 Å². The number of nitrogens with zero attached hydrogens (tertiary/aromatic N) is 4. The van der Waals surface area contributed by atoms with Crippen LogP contribution in [-0.2, 0) is 14.3 Å². The number of aliphatic hydroxyl groups excluding tert-OH is 2. The van der Waals surface area contributed by atoms with Crippen LogP contribution in [0.1, 0.15) is 51.0 Å². The van der Waals surface area contributed by atoms with Gasteiger partial charge in [0.25, 0.3) is 0 Å². The number of hydrogen-bond acceptors (Lipinski definition) is 8. The summed E-state index contributed by atoms with van der Waals surface area (Å²) in [6.45, 7) is -0.451. The van der Waals surface area contributed by atoms with Crippen molar-refractivity contribution >= 4 is 5.71 Å². The first kappa shape index (κ1) is 25.1. The molecule has 9 nitrogen and oxygen atoms in total. The number of benzene rings is 1. The summed E-state index contributed by atoms with van der Waals surface area (Å²) in [6.07, 6.45) is 4.26. The van der Waals surface area contributed by atoms with Gasteiger partial charge in [0.2, 0.25) is 0 Å². The molecule has 0 unspecified atom stereocenters. The van der Waals surface area contributed by atoms with E-state index in [0.29, 0.717) is 12.8 Å². The lowest BCUT2D eigenvalue weighted by Gasteiger charge is -2.43. The molecule has 1 aromatic heterocycles. The highest BCUT2D eigenvalue weighted by Crippen LogP contribution is 2.41. The van der Waals surface area contributed by atoms with Crippen molar-refractivity contribution in [3.05, 3.63) is 35.8 Å². The normalized spacial score (nSPS) is 29.8. The van der Waals surface area contributed by atoms with E-state index in [1.807, 2.05) is 0 Å². The highest BCUT2D eigenvalue weighted by Gasteiger charge is 2.49. The highest BCUT2D eigenvalue weighted by molar-refractivity contribution is 5.86. The molecule has 196 valence electrons. The van der Waals surface area contributed by atoms with Gasteiger partial charge in [-0.3, -0.25) is 0 Å². The Morgan fingerprint density at radius 2 is 1.86 bits per heavy atom. The topological polar surface area (TPSA) is 111 Å². The van der Waals surface area contributed by atoms with Crippen molar-refractivity contribution in [1.82, 2.24) is 15.0 Å². The second-order valence-electron chi connectivity index (χ2n) is 9.79. The lowest BCUT2D eigenvalue weighted by molar-refractivity contribution is -0.210. The standard InChI is InChI=1S/C24H29F3N4O5/c1-34-23-18(9-14-10-24(36-29-14)5-3-2-4-6-24)35-19(12-32)22(33)21(23)31-11-17(28-30-31)13-7-15(25)20(27)16(26)8-13/h7-8,11,18-19,21-23,32-33H,2-6,9-10,12H2,1H3/t18-,19-,21+,22+,23+/m1/s1. The quantitative estimate of drug-likeness (QED) is 0.575. The first-order valence-corrected chi connectivity index (χ1v) is 12.1. The molecule has 2 aliphatic heterocycles. The third kappa shape index (κ3) is 4.62. The zero-order chi connectivity index (χ0) is 25.4. The molecule has 5 rings (SSSR count). The van der Waals surface area contributed by atoms with Crippen molar-refractivity contribution in [2.45, 2.75) is 81.0 Å². The van der Waals surface area contributed by atoms with E-state index in [4.69, 9.17) is 14.3 Å².